The highest BCUT2D eigenvalue weighted by Gasteiger charge is 2.03. The molecule has 19 heavy (non-hydrogen) atoms. The average Bonchev–Trinajstić information content (AvgIpc) is 2.85. The van der Waals surface area contributed by atoms with Crippen molar-refractivity contribution in [1.82, 2.24) is 14.5 Å². The third-order valence-corrected chi connectivity index (χ3v) is 3.23. The Hall–Kier alpha value is -2.04. The Balaban J connectivity index is 1.97. The van der Waals surface area contributed by atoms with Crippen LogP contribution in [0.5, 0.6) is 0 Å². The molecule has 0 spiro atoms. The first-order valence-corrected chi connectivity index (χ1v) is 6.64. The van der Waals surface area contributed by atoms with Crippen molar-refractivity contribution in [3.05, 3.63) is 36.5 Å². The summed E-state index contributed by atoms with van der Waals surface area (Å²) in [5.41, 5.74) is 2.17. The second-order valence-electron chi connectivity index (χ2n) is 4.43. The van der Waals surface area contributed by atoms with Crippen molar-refractivity contribution in [2.75, 3.05) is 23.3 Å². The van der Waals surface area contributed by atoms with Crippen LogP contribution in [0.2, 0.25) is 0 Å². The van der Waals surface area contributed by atoms with Gasteiger partial charge in [-0.25, -0.2) is 9.97 Å². The summed E-state index contributed by atoms with van der Waals surface area (Å²) in [6, 6.07) is 4.12. The van der Waals surface area contributed by atoms with Gasteiger partial charge in [-0.15, -0.1) is 0 Å². The predicted molar refractivity (Wildman–Crippen MR) is 78.3 cm³/mol. The number of aryl methyl sites for hydroxylation is 1. The zero-order valence-corrected chi connectivity index (χ0v) is 11.8. The summed E-state index contributed by atoms with van der Waals surface area (Å²) in [5, 5.41) is 3.35. The molecule has 0 aliphatic heterocycles. The summed E-state index contributed by atoms with van der Waals surface area (Å²) < 4.78 is 2.00. The second kappa shape index (κ2) is 6.22. The lowest BCUT2D eigenvalue weighted by molar-refractivity contribution is 0.835. The Morgan fingerprint density at radius 2 is 2.00 bits per heavy atom. The molecule has 0 unspecified atom stereocenters. The molecule has 0 atom stereocenters. The van der Waals surface area contributed by atoms with Crippen molar-refractivity contribution in [1.29, 1.82) is 0 Å². The molecular formula is C14H21N5. The quantitative estimate of drug-likeness (QED) is 0.864. The van der Waals surface area contributed by atoms with Crippen LogP contribution < -0.4 is 10.2 Å². The Labute approximate surface area is 114 Å². The molecule has 0 aromatic carbocycles. The van der Waals surface area contributed by atoms with Gasteiger partial charge in [0, 0.05) is 26.3 Å². The summed E-state index contributed by atoms with van der Waals surface area (Å²) in [7, 11) is 1.99. The van der Waals surface area contributed by atoms with E-state index in [0.29, 0.717) is 0 Å². The average molecular weight is 259 g/mol. The van der Waals surface area contributed by atoms with E-state index in [-0.39, 0.29) is 0 Å². The minimum atomic E-state index is 0.753. The van der Waals surface area contributed by atoms with E-state index < -0.39 is 0 Å². The molecule has 0 saturated heterocycles. The van der Waals surface area contributed by atoms with E-state index in [1.807, 2.05) is 24.0 Å². The van der Waals surface area contributed by atoms with Crippen molar-refractivity contribution in [2.45, 2.75) is 20.4 Å². The van der Waals surface area contributed by atoms with E-state index in [2.05, 4.69) is 46.2 Å². The second-order valence-corrected chi connectivity index (χ2v) is 4.43. The molecule has 0 aliphatic rings. The highest BCUT2D eigenvalue weighted by Crippen LogP contribution is 2.14. The van der Waals surface area contributed by atoms with E-state index in [1.165, 1.54) is 0 Å². The Morgan fingerprint density at radius 3 is 2.53 bits per heavy atom. The SMILES string of the molecule is CCN(CC)c1ccc(NCc2cncn2C)cn1. The first kappa shape index (κ1) is 13.4. The van der Waals surface area contributed by atoms with Gasteiger partial charge in [0.05, 0.1) is 30.5 Å². The zero-order chi connectivity index (χ0) is 13.7. The molecule has 2 heterocycles. The molecule has 5 heteroatoms. The van der Waals surface area contributed by atoms with E-state index in [0.717, 1.165) is 36.8 Å². The van der Waals surface area contributed by atoms with Crippen LogP contribution in [0.25, 0.3) is 0 Å². The van der Waals surface area contributed by atoms with Crippen LogP contribution in [0.3, 0.4) is 0 Å². The third-order valence-electron chi connectivity index (χ3n) is 3.23. The summed E-state index contributed by atoms with van der Waals surface area (Å²) in [6.07, 6.45) is 5.55. The first-order chi connectivity index (χ1) is 9.24. The van der Waals surface area contributed by atoms with Gasteiger partial charge in [-0.1, -0.05) is 0 Å². The Morgan fingerprint density at radius 1 is 1.21 bits per heavy atom. The highest BCUT2D eigenvalue weighted by atomic mass is 15.2. The van der Waals surface area contributed by atoms with Gasteiger partial charge in [0.1, 0.15) is 5.82 Å². The van der Waals surface area contributed by atoms with E-state index in [1.54, 1.807) is 6.33 Å². The molecule has 2 aromatic rings. The lowest BCUT2D eigenvalue weighted by atomic mass is 10.3. The molecule has 0 aliphatic carbocycles. The lowest BCUT2D eigenvalue weighted by Gasteiger charge is -2.19. The number of nitrogens with one attached hydrogen (secondary N) is 1. The molecule has 5 nitrogen and oxygen atoms in total. The standard InChI is InChI=1S/C14H21N5/c1-4-19(5-2)14-7-6-12(8-17-14)16-10-13-9-15-11-18(13)3/h6-9,11,16H,4-5,10H2,1-3H3. The summed E-state index contributed by atoms with van der Waals surface area (Å²) in [4.78, 5) is 10.8. The number of nitrogens with zero attached hydrogens (tertiary/aromatic N) is 4. The maximum absolute atomic E-state index is 4.48. The van der Waals surface area contributed by atoms with Crippen LogP contribution in [-0.2, 0) is 13.6 Å². The number of hydrogen-bond donors (Lipinski definition) is 1. The van der Waals surface area contributed by atoms with Gasteiger partial charge in [0.2, 0.25) is 0 Å². The zero-order valence-electron chi connectivity index (χ0n) is 11.8. The normalized spacial score (nSPS) is 10.5. The number of anilines is 2. The third kappa shape index (κ3) is 3.24. The highest BCUT2D eigenvalue weighted by molar-refractivity contribution is 5.48. The first-order valence-electron chi connectivity index (χ1n) is 6.64. The Kier molecular flexibility index (Phi) is 4.39. The van der Waals surface area contributed by atoms with Gasteiger partial charge in [0.25, 0.3) is 0 Å². The van der Waals surface area contributed by atoms with E-state index in [9.17, 15) is 0 Å². The molecule has 1 N–H and O–H groups in total. The van der Waals surface area contributed by atoms with Crippen molar-refractivity contribution in [3.63, 3.8) is 0 Å². The molecule has 0 radical (unpaired) electrons. The van der Waals surface area contributed by atoms with Crippen molar-refractivity contribution in [2.24, 2.45) is 7.05 Å². The van der Waals surface area contributed by atoms with Crippen LogP contribution in [0.4, 0.5) is 11.5 Å². The molecule has 0 saturated carbocycles. The number of hydrogen-bond acceptors (Lipinski definition) is 4. The van der Waals surface area contributed by atoms with E-state index in [4.69, 9.17) is 0 Å². The van der Waals surface area contributed by atoms with E-state index >= 15 is 0 Å². The fourth-order valence-corrected chi connectivity index (χ4v) is 1.97. The number of imidazole rings is 1. The smallest absolute Gasteiger partial charge is 0.128 e. The molecule has 2 aromatic heterocycles. The maximum Gasteiger partial charge on any atom is 0.128 e. The van der Waals surface area contributed by atoms with Crippen molar-refractivity contribution in [3.8, 4) is 0 Å². The van der Waals surface area contributed by atoms with Gasteiger partial charge in [-0.3, -0.25) is 0 Å². The summed E-state index contributed by atoms with van der Waals surface area (Å²) in [6.45, 7) is 6.98. The molecule has 2 rings (SSSR count). The van der Waals surface area contributed by atoms with Gasteiger partial charge >= 0.3 is 0 Å². The monoisotopic (exact) mass is 259 g/mol. The predicted octanol–water partition coefficient (Wildman–Crippen LogP) is 2.27. The van der Waals surface area contributed by atoms with Crippen molar-refractivity contribution >= 4 is 11.5 Å². The minimum absolute atomic E-state index is 0.753. The Bertz CT molecular complexity index is 499. The maximum atomic E-state index is 4.48. The van der Waals surface area contributed by atoms with Gasteiger partial charge in [-0.05, 0) is 26.0 Å². The van der Waals surface area contributed by atoms with Gasteiger partial charge < -0.3 is 14.8 Å². The van der Waals surface area contributed by atoms with Crippen LogP contribution in [0.1, 0.15) is 19.5 Å². The molecule has 102 valence electrons. The lowest BCUT2D eigenvalue weighted by Crippen LogP contribution is -2.22. The van der Waals surface area contributed by atoms with Crippen molar-refractivity contribution < 1.29 is 0 Å². The largest absolute Gasteiger partial charge is 0.378 e. The van der Waals surface area contributed by atoms with Gasteiger partial charge in [-0.2, -0.15) is 0 Å². The van der Waals surface area contributed by atoms with Crippen LogP contribution in [0.15, 0.2) is 30.9 Å². The molecular weight excluding hydrogens is 238 g/mol. The molecule has 0 amide bonds. The fraction of sp³-hybridized carbons (Fsp3) is 0.429. The minimum Gasteiger partial charge on any atom is -0.378 e. The number of pyridine rings is 1. The molecule has 0 fully saturated rings. The summed E-state index contributed by atoms with van der Waals surface area (Å²) in [5.74, 6) is 1.02. The van der Waals surface area contributed by atoms with Crippen LogP contribution >= 0.6 is 0 Å². The topological polar surface area (TPSA) is 46.0 Å². The number of aromatic nitrogens is 3. The van der Waals surface area contributed by atoms with Crippen LogP contribution in [0, 0.1) is 0 Å². The summed E-state index contributed by atoms with van der Waals surface area (Å²) >= 11 is 0. The van der Waals surface area contributed by atoms with Crippen LogP contribution in [-0.4, -0.2) is 27.6 Å². The fourth-order valence-electron chi connectivity index (χ4n) is 1.97. The van der Waals surface area contributed by atoms with Gasteiger partial charge in [0.15, 0.2) is 0 Å². The molecule has 0 bridgehead atoms. The number of rotatable bonds is 6.